The molecule has 0 aliphatic heterocycles. The van der Waals surface area contributed by atoms with Crippen LogP contribution in [0, 0.1) is 6.92 Å². The first-order valence-corrected chi connectivity index (χ1v) is 8.00. The standard InChI is InChI=1S/C13H10BrN3S2/c1-7-4-9(14)12(16-6-7)19-13-17-10-3-2-8(15)5-11(10)18-13/h2-6H,15H2,1H3. The van der Waals surface area contributed by atoms with Crippen LogP contribution >= 0.6 is 39.0 Å². The van der Waals surface area contributed by atoms with E-state index in [4.69, 9.17) is 5.73 Å². The third-order valence-corrected chi connectivity index (χ3v) is 5.49. The summed E-state index contributed by atoms with van der Waals surface area (Å²) < 4.78 is 3.07. The van der Waals surface area contributed by atoms with Gasteiger partial charge in [-0.2, -0.15) is 0 Å². The predicted molar refractivity (Wildman–Crippen MR) is 84.8 cm³/mol. The average Bonchev–Trinajstić information content (AvgIpc) is 2.74. The lowest BCUT2D eigenvalue weighted by Crippen LogP contribution is -1.83. The Morgan fingerprint density at radius 3 is 2.95 bits per heavy atom. The summed E-state index contributed by atoms with van der Waals surface area (Å²) in [7, 11) is 0. The molecule has 0 saturated carbocycles. The van der Waals surface area contributed by atoms with Crippen LogP contribution in [-0.2, 0) is 0 Å². The molecule has 0 aliphatic rings. The van der Waals surface area contributed by atoms with Crippen LogP contribution in [0.4, 0.5) is 5.69 Å². The van der Waals surface area contributed by atoms with E-state index in [1.165, 1.54) is 0 Å². The number of hydrogen-bond acceptors (Lipinski definition) is 5. The molecule has 0 unspecified atom stereocenters. The highest BCUT2D eigenvalue weighted by molar-refractivity contribution is 9.10. The van der Waals surface area contributed by atoms with E-state index in [9.17, 15) is 0 Å². The van der Waals surface area contributed by atoms with E-state index in [1.807, 2.05) is 31.3 Å². The number of nitrogens with two attached hydrogens (primary N) is 1. The molecule has 0 aliphatic carbocycles. The van der Waals surface area contributed by atoms with Crippen LogP contribution < -0.4 is 5.73 Å². The fourth-order valence-electron chi connectivity index (χ4n) is 1.64. The zero-order valence-corrected chi connectivity index (χ0v) is 13.3. The number of aromatic nitrogens is 2. The number of hydrogen-bond donors (Lipinski definition) is 1. The second kappa shape index (κ2) is 5.11. The van der Waals surface area contributed by atoms with Crippen LogP contribution in [0.15, 0.2) is 44.3 Å². The molecule has 3 rings (SSSR count). The van der Waals surface area contributed by atoms with Crippen molar-refractivity contribution in [3.8, 4) is 0 Å². The van der Waals surface area contributed by atoms with Gasteiger partial charge < -0.3 is 5.73 Å². The minimum atomic E-state index is 0.766. The van der Waals surface area contributed by atoms with E-state index in [2.05, 4.69) is 32.0 Å². The van der Waals surface area contributed by atoms with Crippen molar-refractivity contribution in [2.24, 2.45) is 0 Å². The van der Waals surface area contributed by atoms with Crippen LogP contribution in [0.25, 0.3) is 10.2 Å². The van der Waals surface area contributed by atoms with Crippen molar-refractivity contribution in [3.63, 3.8) is 0 Å². The van der Waals surface area contributed by atoms with Crippen LogP contribution in [-0.4, -0.2) is 9.97 Å². The van der Waals surface area contributed by atoms with E-state index in [-0.39, 0.29) is 0 Å². The predicted octanol–water partition coefficient (Wildman–Crippen LogP) is 4.50. The highest BCUT2D eigenvalue weighted by Crippen LogP contribution is 2.37. The Kier molecular flexibility index (Phi) is 3.47. The van der Waals surface area contributed by atoms with E-state index < -0.39 is 0 Å². The van der Waals surface area contributed by atoms with E-state index in [1.54, 1.807) is 23.1 Å². The van der Waals surface area contributed by atoms with Gasteiger partial charge in [-0.1, -0.05) is 0 Å². The molecule has 3 aromatic rings. The topological polar surface area (TPSA) is 51.8 Å². The average molecular weight is 352 g/mol. The van der Waals surface area contributed by atoms with E-state index >= 15 is 0 Å². The molecule has 2 heterocycles. The SMILES string of the molecule is Cc1cnc(Sc2nc3ccc(N)cc3s2)c(Br)c1. The maximum absolute atomic E-state index is 5.78. The maximum Gasteiger partial charge on any atom is 0.157 e. The van der Waals surface area contributed by atoms with Crippen LogP contribution in [0.3, 0.4) is 0 Å². The highest BCUT2D eigenvalue weighted by atomic mass is 79.9. The summed E-state index contributed by atoms with van der Waals surface area (Å²) in [5.41, 5.74) is 8.65. The number of nitrogen functional groups attached to an aromatic ring is 1. The number of pyridine rings is 1. The maximum atomic E-state index is 5.78. The molecule has 1 aromatic carbocycles. The van der Waals surface area contributed by atoms with Gasteiger partial charge in [-0.05, 0) is 64.4 Å². The zero-order chi connectivity index (χ0) is 13.4. The third-order valence-electron chi connectivity index (χ3n) is 2.52. The largest absolute Gasteiger partial charge is 0.399 e. The van der Waals surface area contributed by atoms with Gasteiger partial charge in [0.25, 0.3) is 0 Å². The fourth-order valence-corrected chi connectivity index (χ4v) is 4.34. The quantitative estimate of drug-likeness (QED) is 0.690. The van der Waals surface area contributed by atoms with Gasteiger partial charge in [-0.3, -0.25) is 0 Å². The first kappa shape index (κ1) is 12.9. The summed E-state index contributed by atoms with van der Waals surface area (Å²) in [6, 6.07) is 7.83. The molecule has 2 N–H and O–H groups in total. The van der Waals surface area contributed by atoms with Gasteiger partial charge in [-0.15, -0.1) is 11.3 Å². The number of thiazole rings is 1. The lowest BCUT2D eigenvalue weighted by molar-refractivity contribution is 1.08. The Hall–Kier alpha value is -1.11. The fraction of sp³-hybridized carbons (Fsp3) is 0.0769. The van der Waals surface area contributed by atoms with E-state index in [0.717, 1.165) is 35.3 Å². The van der Waals surface area contributed by atoms with Crippen molar-refractivity contribution < 1.29 is 0 Å². The van der Waals surface area contributed by atoms with Gasteiger partial charge in [0.05, 0.1) is 14.7 Å². The Balaban J connectivity index is 1.96. The Morgan fingerprint density at radius 2 is 2.16 bits per heavy atom. The molecule has 0 amide bonds. The molecule has 96 valence electrons. The van der Waals surface area contributed by atoms with E-state index in [0.29, 0.717) is 0 Å². The second-order valence-electron chi connectivity index (χ2n) is 4.11. The smallest absolute Gasteiger partial charge is 0.157 e. The number of halogens is 1. The van der Waals surface area contributed by atoms with Gasteiger partial charge in [-0.25, -0.2) is 9.97 Å². The molecule has 2 aromatic heterocycles. The van der Waals surface area contributed by atoms with Crippen molar-refractivity contribution in [2.45, 2.75) is 16.3 Å². The van der Waals surface area contributed by atoms with Crippen molar-refractivity contribution >= 4 is 54.9 Å². The summed E-state index contributed by atoms with van der Waals surface area (Å²) in [6.07, 6.45) is 1.86. The van der Waals surface area contributed by atoms with Crippen LogP contribution in [0.2, 0.25) is 0 Å². The molecule has 19 heavy (non-hydrogen) atoms. The van der Waals surface area contributed by atoms with Crippen molar-refractivity contribution in [3.05, 3.63) is 40.5 Å². The molecule has 3 nitrogen and oxygen atoms in total. The molecule has 0 radical (unpaired) electrons. The molecule has 0 saturated heterocycles. The van der Waals surface area contributed by atoms with Crippen LogP contribution in [0.5, 0.6) is 0 Å². The summed E-state index contributed by atoms with van der Waals surface area (Å²) >= 11 is 6.73. The number of fused-ring (bicyclic) bond motifs is 1. The Bertz CT molecular complexity index is 755. The molecule has 6 heteroatoms. The molecule has 0 atom stereocenters. The first-order valence-electron chi connectivity index (χ1n) is 5.58. The van der Waals surface area contributed by atoms with Gasteiger partial charge in [0.2, 0.25) is 0 Å². The lowest BCUT2D eigenvalue weighted by atomic mass is 10.3. The molecular weight excluding hydrogens is 342 g/mol. The summed E-state index contributed by atoms with van der Waals surface area (Å²) in [4.78, 5) is 9.00. The number of nitrogens with zero attached hydrogens (tertiary/aromatic N) is 2. The summed E-state index contributed by atoms with van der Waals surface area (Å²) in [6.45, 7) is 2.02. The normalized spacial score (nSPS) is 11.1. The van der Waals surface area contributed by atoms with Crippen molar-refractivity contribution in [1.29, 1.82) is 0 Å². The minimum absolute atomic E-state index is 0.766. The third kappa shape index (κ3) is 2.75. The Labute approximate surface area is 127 Å². The monoisotopic (exact) mass is 351 g/mol. The number of aryl methyl sites for hydroxylation is 1. The second-order valence-corrected chi connectivity index (χ2v) is 7.23. The first-order chi connectivity index (χ1) is 9.11. The molecule has 0 bridgehead atoms. The summed E-state index contributed by atoms with van der Waals surface area (Å²) in [5, 5.41) is 0.928. The van der Waals surface area contributed by atoms with Crippen LogP contribution in [0.1, 0.15) is 5.56 Å². The molecular formula is C13H10BrN3S2. The lowest BCUT2D eigenvalue weighted by Gasteiger charge is -2.00. The molecule has 0 spiro atoms. The van der Waals surface area contributed by atoms with Gasteiger partial charge >= 0.3 is 0 Å². The molecule has 0 fully saturated rings. The van der Waals surface area contributed by atoms with Crippen molar-refractivity contribution in [2.75, 3.05) is 5.73 Å². The number of rotatable bonds is 2. The highest BCUT2D eigenvalue weighted by Gasteiger charge is 2.09. The zero-order valence-electron chi connectivity index (χ0n) is 10.1. The van der Waals surface area contributed by atoms with Crippen molar-refractivity contribution in [1.82, 2.24) is 9.97 Å². The minimum Gasteiger partial charge on any atom is -0.399 e. The number of anilines is 1. The van der Waals surface area contributed by atoms with Gasteiger partial charge in [0.1, 0.15) is 5.03 Å². The number of benzene rings is 1. The Morgan fingerprint density at radius 1 is 1.32 bits per heavy atom. The van der Waals surface area contributed by atoms with Gasteiger partial charge in [0.15, 0.2) is 4.34 Å². The summed E-state index contributed by atoms with van der Waals surface area (Å²) in [5.74, 6) is 0. The van der Waals surface area contributed by atoms with Gasteiger partial charge in [0, 0.05) is 11.9 Å².